The first-order chi connectivity index (χ1) is 13.0. The summed E-state index contributed by atoms with van der Waals surface area (Å²) in [6, 6.07) is 17.9. The monoisotopic (exact) mass is 401 g/mol. The fourth-order valence-corrected chi connectivity index (χ4v) is 3.01. The summed E-state index contributed by atoms with van der Waals surface area (Å²) in [6.07, 6.45) is 0.539. The van der Waals surface area contributed by atoms with E-state index in [1.54, 1.807) is 12.1 Å². The highest BCUT2D eigenvalue weighted by Gasteiger charge is 2.09. The predicted octanol–water partition coefficient (Wildman–Crippen LogP) is 3.58. The summed E-state index contributed by atoms with van der Waals surface area (Å²) in [6.45, 7) is 0.231. The van der Waals surface area contributed by atoms with Crippen LogP contribution in [0.4, 0.5) is 0 Å². The Hall–Kier alpha value is -2.63. The summed E-state index contributed by atoms with van der Waals surface area (Å²) in [4.78, 5) is 24.2. The summed E-state index contributed by atoms with van der Waals surface area (Å²) in [5.74, 6) is -0.298. The highest BCUT2D eigenvalue weighted by molar-refractivity contribution is 6.42. The van der Waals surface area contributed by atoms with E-state index in [2.05, 4.69) is 10.4 Å². The van der Waals surface area contributed by atoms with Gasteiger partial charge in [0.25, 0.3) is 5.56 Å². The van der Waals surface area contributed by atoms with Crippen LogP contribution < -0.4 is 10.9 Å². The average molecular weight is 402 g/mol. The van der Waals surface area contributed by atoms with Crippen molar-refractivity contribution in [2.45, 2.75) is 13.0 Å². The van der Waals surface area contributed by atoms with E-state index in [1.165, 1.54) is 6.07 Å². The van der Waals surface area contributed by atoms with Crippen LogP contribution in [0, 0.1) is 0 Å². The second-order valence-electron chi connectivity index (χ2n) is 5.89. The van der Waals surface area contributed by atoms with Gasteiger partial charge in [-0.1, -0.05) is 65.7 Å². The Balaban J connectivity index is 1.62. The van der Waals surface area contributed by atoms with Crippen LogP contribution in [0.15, 0.2) is 65.5 Å². The maximum absolute atomic E-state index is 12.2. The Kier molecular flexibility index (Phi) is 6.27. The van der Waals surface area contributed by atoms with Crippen molar-refractivity contribution in [2.75, 3.05) is 6.54 Å². The number of aromatic nitrogens is 2. The number of hydrogen-bond acceptors (Lipinski definition) is 3. The van der Waals surface area contributed by atoms with Crippen LogP contribution >= 0.6 is 23.2 Å². The molecule has 0 aliphatic carbocycles. The van der Waals surface area contributed by atoms with Gasteiger partial charge in [-0.05, 0) is 24.1 Å². The Morgan fingerprint density at radius 3 is 2.56 bits per heavy atom. The zero-order valence-electron chi connectivity index (χ0n) is 14.4. The van der Waals surface area contributed by atoms with Crippen molar-refractivity contribution >= 4 is 29.1 Å². The molecular weight excluding hydrogens is 385 g/mol. The van der Waals surface area contributed by atoms with Crippen LogP contribution in [0.2, 0.25) is 10.0 Å². The molecule has 0 aliphatic heterocycles. The molecule has 0 atom stereocenters. The maximum Gasteiger partial charge on any atom is 0.267 e. The summed E-state index contributed by atoms with van der Waals surface area (Å²) >= 11 is 12.1. The number of benzene rings is 2. The Labute approximate surface area is 166 Å². The number of carbonyl (C=O) groups excluding carboxylic acids is 1. The summed E-state index contributed by atoms with van der Waals surface area (Å²) in [7, 11) is 0. The number of rotatable bonds is 6. The normalized spacial score (nSPS) is 10.6. The number of halogens is 2. The number of amides is 1. The molecule has 3 rings (SSSR count). The molecule has 0 radical (unpaired) electrons. The molecule has 1 aromatic heterocycles. The molecule has 0 spiro atoms. The molecule has 138 valence electrons. The molecule has 5 nitrogen and oxygen atoms in total. The lowest BCUT2D eigenvalue weighted by Crippen LogP contribution is -2.34. The topological polar surface area (TPSA) is 64.0 Å². The van der Waals surface area contributed by atoms with Crippen LogP contribution in [0.25, 0.3) is 11.3 Å². The highest BCUT2D eigenvalue weighted by Crippen LogP contribution is 2.25. The fourth-order valence-electron chi connectivity index (χ4n) is 2.60. The molecule has 27 heavy (non-hydrogen) atoms. The SMILES string of the molecule is O=C(Cn1nc(-c2ccccc2)ccc1=O)NCCc1cccc(Cl)c1Cl. The second-order valence-corrected chi connectivity index (χ2v) is 6.68. The van der Waals surface area contributed by atoms with E-state index in [0.717, 1.165) is 15.8 Å². The minimum absolute atomic E-state index is 0.150. The van der Waals surface area contributed by atoms with Gasteiger partial charge in [0.1, 0.15) is 6.54 Å². The third-order valence-electron chi connectivity index (χ3n) is 3.98. The molecule has 2 aromatic carbocycles. The van der Waals surface area contributed by atoms with Gasteiger partial charge < -0.3 is 5.32 Å². The van der Waals surface area contributed by atoms with Gasteiger partial charge in [-0.3, -0.25) is 9.59 Å². The van der Waals surface area contributed by atoms with Crippen molar-refractivity contribution in [3.05, 3.63) is 86.6 Å². The summed E-state index contributed by atoms with van der Waals surface area (Å²) in [5, 5.41) is 8.02. The summed E-state index contributed by atoms with van der Waals surface area (Å²) < 4.78 is 1.16. The van der Waals surface area contributed by atoms with Gasteiger partial charge >= 0.3 is 0 Å². The Bertz CT molecular complexity index is 1000. The molecule has 1 N–H and O–H groups in total. The van der Waals surface area contributed by atoms with Gasteiger partial charge in [0, 0.05) is 18.2 Å². The van der Waals surface area contributed by atoms with Gasteiger partial charge in [-0.2, -0.15) is 5.10 Å². The van der Waals surface area contributed by atoms with Crippen molar-refractivity contribution < 1.29 is 4.79 Å². The number of carbonyl (C=O) groups is 1. The number of nitrogens with zero attached hydrogens (tertiary/aromatic N) is 2. The van der Waals surface area contributed by atoms with Crippen molar-refractivity contribution in [1.82, 2.24) is 15.1 Å². The van der Waals surface area contributed by atoms with E-state index in [9.17, 15) is 9.59 Å². The van der Waals surface area contributed by atoms with E-state index in [0.29, 0.717) is 28.7 Å². The summed E-state index contributed by atoms with van der Waals surface area (Å²) in [5.41, 5.74) is 2.03. The number of hydrogen-bond donors (Lipinski definition) is 1. The van der Waals surface area contributed by atoms with Gasteiger partial charge in [-0.15, -0.1) is 0 Å². The first-order valence-corrected chi connectivity index (χ1v) is 9.13. The van der Waals surface area contributed by atoms with Crippen molar-refractivity contribution in [2.24, 2.45) is 0 Å². The zero-order chi connectivity index (χ0) is 19.2. The molecule has 7 heteroatoms. The van der Waals surface area contributed by atoms with E-state index in [1.807, 2.05) is 42.5 Å². The largest absolute Gasteiger partial charge is 0.354 e. The molecule has 3 aromatic rings. The van der Waals surface area contributed by atoms with Crippen LogP contribution in [-0.4, -0.2) is 22.2 Å². The van der Waals surface area contributed by atoms with Crippen molar-refractivity contribution in [1.29, 1.82) is 0 Å². The lowest BCUT2D eigenvalue weighted by atomic mass is 10.1. The molecule has 0 aliphatic rings. The highest BCUT2D eigenvalue weighted by atomic mass is 35.5. The molecule has 1 heterocycles. The van der Waals surface area contributed by atoms with E-state index < -0.39 is 0 Å². The first kappa shape index (κ1) is 19.1. The van der Waals surface area contributed by atoms with Gasteiger partial charge in [0.15, 0.2) is 0 Å². The third kappa shape index (κ3) is 4.96. The Morgan fingerprint density at radius 1 is 1.00 bits per heavy atom. The number of nitrogens with one attached hydrogen (secondary N) is 1. The van der Waals surface area contributed by atoms with Crippen molar-refractivity contribution in [3.8, 4) is 11.3 Å². The quantitative estimate of drug-likeness (QED) is 0.686. The minimum Gasteiger partial charge on any atom is -0.354 e. The molecule has 1 amide bonds. The lowest BCUT2D eigenvalue weighted by Gasteiger charge is -2.09. The smallest absolute Gasteiger partial charge is 0.267 e. The molecule has 0 saturated heterocycles. The first-order valence-electron chi connectivity index (χ1n) is 8.38. The van der Waals surface area contributed by atoms with Crippen LogP contribution in [0.5, 0.6) is 0 Å². The second kappa shape index (κ2) is 8.84. The van der Waals surface area contributed by atoms with Gasteiger partial charge in [0.2, 0.25) is 5.91 Å². The lowest BCUT2D eigenvalue weighted by molar-refractivity contribution is -0.121. The fraction of sp³-hybridized carbons (Fsp3) is 0.150. The predicted molar refractivity (Wildman–Crippen MR) is 107 cm³/mol. The average Bonchev–Trinajstić information content (AvgIpc) is 2.67. The molecule has 0 bridgehead atoms. The standard InChI is InChI=1S/C20H17Cl2N3O2/c21-16-8-4-7-15(20(16)22)11-12-23-18(26)13-25-19(27)10-9-17(24-25)14-5-2-1-3-6-14/h1-10H,11-13H2,(H,23,26). The molecule has 0 saturated carbocycles. The van der Waals surface area contributed by atoms with Crippen LogP contribution in [0.3, 0.4) is 0 Å². The third-order valence-corrected chi connectivity index (χ3v) is 4.84. The minimum atomic E-state index is -0.331. The molecule has 0 unspecified atom stereocenters. The van der Waals surface area contributed by atoms with Gasteiger partial charge in [0.05, 0.1) is 15.7 Å². The Morgan fingerprint density at radius 2 is 1.78 bits per heavy atom. The van der Waals surface area contributed by atoms with Crippen LogP contribution in [0.1, 0.15) is 5.56 Å². The van der Waals surface area contributed by atoms with E-state index in [-0.39, 0.29) is 18.0 Å². The molecular formula is C20H17Cl2N3O2. The van der Waals surface area contributed by atoms with Gasteiger partial charge in [-0.25, -0.2) is 4.68 Å². The maximum atomic E-state index is 12.2. The zero-order valence-corrected chi connectivity index (χ0v) is 15.9. The van der Waals surface area contributed by atoms with E-state index in [4.69, 9.17) is 23.2 Å². The molecule has 0 fully saturated rings. The van der Waals surface area contributed by atoms with E-state index >= 15 is 0 Å². The van der Waals surface area contributed by atoms with Crippen LogP contribution in [-0.2, 0) is 17.8 Å². The van der Waals surface area contributed by atoms with Crippen molar-refractivity contribution in [3.63, 3.8) is 0 Å².